The van der Waals surface area contributed by atoms with Gasteiger partial charge in [0.25, 0.3) is 5.91 Å². The second-order valence-corrected chi connectivity index (χ2v) is 9.00. The molecular weight excluding hydrogens is 444 g/mol. The highest BCUT2D eigenvalue weighted by atomic mass is 32.2. The van der Waals surface area contributed by atoms with Crippen molar-refractivity contribution in [1.29, 1.82) is 0 Å². The number of benzene rings is 4. The van der Waals surface area contributed by atoms with Gasteiger partial charge in [-0.15, -0.1) is 11.8 Å². The molecule has 4 aromatic carbocycles. The number of ether oxygens (including phenoxy) is 1. The molecule has 1 aliphatic rings. The highest BCUT2D eigenvalue weighted by Gasteiger charge is 2.35. The average Bonchev–Trinajstić information content (AvgIpc) is 3.25. The molecule has 4 aromatic rings. The maximum atomic E-state index is 13.1. The van der Waals surface area contributed by atoms with E-state index in [1.165, 1.54) is 0 Å². The summed E-state index contributed by atoms with van der Waals surface area (Å²) in [7, 11) is 0. The molecule has 1 saturated heterocycles. The van der Waals surface area contributed by atoms with Crippen molar-refractivity contribution in [2.45, 2.75) is 12.3 Å². The van der Waals surface area contributed by atoms with Gasteiger partial charge in [0.1, 0.15) is 11.1 Å². The molecule has 1 fully saturated rings. The Bertz CT molecular complexity index is 1370. The second kappa shape index (κ2) is 9.61. The Morgan fingerprint density at radius 2 is 1.76 bits per heavy atom. The lowest BCUT2D eigenvalue weighted by Gasteiger charge is -2.26. The number of fused-ring (bicyclic) bond motifs is 1. The van der Waals surface area contributed by atoms with E-state index in [1.807, 2.05) is 97.9 Å². The molecule has 0 bridgehead atoms. The maximum absolute atomic E-state index is 13.1. The Morgan fingerprint density at radius 3 is 2.65 bits per heavy atom. The minimum Gasteiger partial charge on any atom is -0.492 e. The fourth-order valence-corrected chi connectivity index (χ4v) is 5.42. The number of anilines is 2. The molecule has 0 aromatic heterocycles. The molecule has 0 spiro atoms. The van der Waals surface area contributed by atoms with Crippen LogP contribution in [0.1, 0.15) is 28.2 Å². The molecule has 2 amide bonds. The van der Waals surface area contributed by atoms with Crippen LogP contribution in [0.15, 0.2) is 91.0 Å². The molecule has 0 saturated carbocycles. The van der Waals surface area contributed by atoms with E-state index in [4.69, 9.17) is 4.74 Å². The quantitative estimate of drug-likeness (QED) is 0.362. The highest BCUT2D eigenvalue weighted by molar-refractivity contribution is 8.00. The number of carbonyl (C=O) groups excluding carboxylic acids is 2. The summed E-state index contributed by atoms with van der Waals surface area (Å²) in [4.78, 5) is 27.8. The zero-order valence-corrected chi connectivity index (χ0v) is 19.5. The summed E-state index contributed by atoms with van der Waals surface area (Å²) in [6.07, 6.45) is 0. The predicted molar refractivity (Wildman–Crippen MR) is 139 cm³/mol. The van der Waals surface area contributed by atoms with Crippen molar-refractivity contribution in [2.75, 3.05) is 22.6 Å². The van der Waals surface area contributed by atoms with Crippen LogP contribution in [0.3, 0.4) is 0 Å². The van der Waals surface area contributed by atoms with Crippen LogP contribution in [0, 0.1) is 0 Å². The SMILES string of the molecule is CCOc1ccccc1N1C(=O)CS[C@H]1c1cccc(NC(=O)c2cccc3ccccc23)c1. The molecule has 1 atom stereocenters. The first-order chi connectivity index (χ1) is 16.7. The summed E-state index contributed by atoms with van der Waals surface area (Å²) < 4.78 is 5.78. The van der Waals surface area contributed by atoms with Crippen molar-refractivity contribution < 1.29 is 14.3 Å². The number of carbonyl (C=O) groups is 2. The van der Waals surface area contributed by atoms with E-state index in [0.29, 0.717) is 29.4 Å². The van der Waals surface area contributed by atoms with Crippen LogP contribution in [0.5, 0.6) is 5.75 Å². The molecule has 1 heterocycles. The van der Waals surface area contributed by atoms with Crippen LogP contribution in [-0.4, -0.2) is 24.2 Å². The maximum Gasteiger partial charge on any atom is 0.256 e. The van der Waals surface area contributed by atoms with Crippen LogP contribution in [0.4, 0.5) is 11.4 Å². The molecule has 170 valence electrons. The van der Waals surface area contributed by atoms with Gasteiger partial charge in [0, 0.05) is 11.3 Å². The third-order valence-corrected chi connectivity index (χ3v) is 6.97. The standard InChI is InChI=1S/C28H24N2O3S/c1-2-33-25-16-6-5-15-24(25)30-26(31)18-34-28(30)20-11-7-12-21(17-20)29-27(32)23-14-8-10-19-9-3-4-13-22(19)23/h3-17,28H,2,18H2,1H3,(H,29,32)/t28-/m0/s1. The number of thioether (sulfide) groups is 1. The smallest absolute Gasteiger partial charge is 0.256 e. The van der Waals surface area contributed by atoms with Gasteiger partial charge in [-0.2, -0.15) is 0 Å². The molecule has 1 N–H and O–H groups in total. The van der Waals surface area contributed by atoms with Gasteiger partial charge in [-0.3, -0.25) is 14.5 Å². The fourth-order valence-electron chi connectivity index (χ4n) is 4.26. The first-order valence-electron chi connectivity index (χ1n) is 11.2. The van der Waals surface area contributed by atoms with E-state index in [2.05, 4.69) is 5.32 Å². The monoisotopic (exact) mass is 468 g/mol. The van der Waals surface area contributed by atoms with Crippen molar-refractivity contribution in [3.8, 4) is 5.75 Å². The predicted octanol–water partition coefficient (Wildman–Crippen LogP) is 6.27. The van der Waals surface area contributed by atoms with Crippen molar-refractivity contribution in [3.63, 3.8) is 0 Å². The highest BCUT2D eigenvalue weighted by Crippen LogP contribution is 2.45. The van der Waals surface area contributed by atoms with Crippen molar-refractivity contribution in [1.82, 2.24) is 0 Å². The average molecular weight is 469 g/mol. The molecule has 5 rings (SSSR count). The molecule has 6 heteroatoms. The Labute approximate surface area is 202 Å². The van der Waals surface area contributed by atoms with Crippen LogP contribution in [0.25, 0.3) is 10.8 Å². The van der Waals surface area contributed by atoms with Crippen LogP contribution < -0.4 is 15.0 Å². The number of hydrogen-bond donors (Lipinski definition) is 1. The number of nitrogens with zero attached hydrogens (tertiary/aromatic N) is 1. The van der Waals surface area contributed by atoms with Gasteiger partial charge in [0.05, 0.1) is 18.0 Å². The summed E-state index contributed by atoms with van der Waals surface area (Å²) in [5.74, 6) is 0.943. The summed E-state index contributed by atoms with van der Waals surface area (Å²) in [6, 6.07) is 28.9. The van der Waals surface area contributed by atoms with Crippen molar-refractivity contribution in [2.24, 2.45) is 0 Å². The normalized spacial score (nSPS) is 15.5. The molecule has 0 aliphatic carbocycles. The largest absolute Gasteiger partial charge is 0.492 e. The van der Waals surface area contributed by atoms with Gasteiger partial charge in [0.15, 0.2) is 0 Å². The van der Waals surface area contributed by atoms with E-state index >= 15 is 0 Å². The van der Waals surface area contributed by atoms with Gasteiger partial charge in [-0.25, -0.2) is 0 Å². The van der Waals surface area contributed by atoms with E-state index in [-0.39, 0.29) is 17.2 Å². The van der Waals surface area contributed by atoms with Crippen LogP contribution >= 0.6 is 11.8 Å². The van der Waals surface area contributed by atoms with Gasteiger partial charge < -0.3 is 10.1 Å². The summed E-state index contributed by atoms with van der Waals surface area (Å²) in [6.45, 7) is 2.45. The van der Waals surface area contributed by atoms with Crippen molar-refractivity contribution in [3.05, 3.63) is 102 Å². The van der Waals surface area contributed by atoms with E-state index in [9.17, 15) is 9.59 Å². The molecule has 0 unspecified atom stereocenters. The lowest BCUT2D eigenvalue weighted by atomic mass is 10.0. The summed E-state index contributed by atoms with van der Waals surface area (Å²) in [5, 5.41) is 4.76. The number of nitrogens with one attached hydrogen (secondary N) is 1. The zero-order valence-electron chi connectivity index (χ0n) is 18.7. The van der Waals surface area contributed by atoms with Gasteiger partial charge >= 0.3 is 0 Å². The molecule has 5 nitrogen and oxygen atoms in total. The number of amides is 2. The number of para-hydroxylation sites is 2. The van der Waals surface area contributed by atoms with Crippen molar-refractivity contribution >= 4 is 45.7 Å². The number of rotatable bonds is 6. The molecule has 0 radical (unpaired) electrons. The second-order valence-electron chi connectivity index (χ2n) is 7.93. The minimum atomic E-state index is -0.205. The third-order valence-electron chi connectivity index (χ3n) is 5.76. The van der Waals surface area contributed by atoms with Gasteiger partial charge in [-0.05, 0) is 53.6 Å². The molecule has 1 aliphatic heterocycles. The van der Waals surface area contributed by atoms with Crippen LogP contribution in [0.2, 0.25) is 0 Å². The van der Waals surface area contributed by atoms with E-state index in [1.54, 1.807) is 16.7 Å². The zero-order chi connectivity index (χ0) is 23.5. The van der Waals surface area contributed by atoms with Gasteiger partial charge in [0.2, 0.25) is 5.91 Å². The minimum absolute atomic E-state index is 0.0346. The summed E-state index contributed by atoms with van der Waals surface area (Å²) >= 11 is 1.57. The Balaban J connectivity index is 1.43. The Morgan fingerprint density at radius 1 is 1.00 bits per heavy atom. The Hall–Kier alpha value is -3.77. The summed E-state index contributed by atoms with van der Waals surface area (Å²) in [5.41, 5.74) is 3.02. The van der Waals surface area contributed by atoms with E-state index in [0.717, 1.165) is 22.0 Å². The van der Waals surface area contributed by atoms with Crippen LogP contribution in [-0.2, 0) is 4.79 Å². The lowest BCUT2D eigenvalue weighted by molar-refractivity contribution is -0.115. The molecule has 34 heavy (non-hydrogen) atoms. The fraction of sp³-hybridized carbons (Fsp3) is 0.143. The first-order valence-corrected chi connectivity index (χ1v) is 12.2. The first kappa shape index (κ1) is 22.0. The lowest BCUT2D eigenvalue weighted by Crippen LogP contribution is -2.28. The topological polar surface area (TPSA) is 58.6 Å². The number of hydrogen-bond acceptors (Lipinski definition) is 4. The molecular formula is C28H24N2O3S. The van der Waals surface area contributed by atoms with Gasteiger partial charge in [-0.1, -0.05) is 60.7 Å². The Kier molecular flexibility index (Phi) is 6.23. The third kappa shape index (κ3) is 4.24. The van der Waals surface area contributed by atoms with E-state index < -0.39 is 0 Å².